The van der Waals surface area contributed by atoms with E-state index in [1.54, 1.807) is 0 Å². The molecule has 0 radical (unpaired) electrons. The van der Waals surface area contributed by atoms with Crippen molar-refractivity contribution in [3.8, 4) is 50.3 Å². The average molecular weight is 794 g/mol. The van der Waals surface area contributed by atoms with Gasteiger partial charge in [-0.2, -0.15) is 0 Å². The minimum Gasteiger partial charge on any atom is -0.337 e. The number of nitrogens with zero attached hydrogens (tertiary/aromatic N) is 3. The van der Waals surface area contributed by atoms with Crippen LogP contribution in [0.5, 0.6) is 0 Å². The Morgan fingerprint density at radius 1 is 0.468 bits per heavy atom. The third-order valence-electron chi connectivity index (χ3n) is 12.9. The quantitative estimate of drug-likeness (QED) is 0.158. The maximum Gasteiger partial charge on any atom is 0.0716 e. The summed E-state index contributed by atoms with van der Waals surface area (Å²) in [4.78, 5) is 5.54. The van der Waals surface area contributed by atoms with Crippen molar-refractivity contribution in [1.29, 1.82) is 0 Å². The Hall–Kier alpha value is -7.75. The van der Waals surface area contributed by atoms with Gasteiger partial charge in [0.25, 0.3) is 0 Å². The lowest BCUT2D eigenvalue weighted by Crippen LogP contribution is -2.14. The molecular formula is C59H43N3. The molecule has 0 bridgehead atoms. The van der Waals surface area contributed by atoms with Gasteiger partial charge in [0.15, 0.2) is 0 Å². The number of aromatic nitrogens is 3. The largest absolute Gasteiger partial charge is 0.337 e. The fourth-order valence-electron chi connectivity index (χ4n) is 9.99. The molecule has 2 aliphatic carbocycles. The third-order valence-corrected chi connectivity index (χ3v) is 12.9. The highest BCUT2D eigenvalue weighted by molar-refractivity contribution is 6.09. The van der Waals surface area contributed by atoms with Crippen molar-refractivity contribution < 1.29 is 0 Å². The van der Waals surface area contributed by atoms with E-state index < -0.39 is 0 Å². The van der Waals surface area contributed by atoms with Crippen LogP contribution in [0.2, 0.25) is 0 Å². The highest BCUT2D eigenvalue weighted by Gasteiger charge is 2.25. The molecule has 62 heavy (non-hydrogen) atoms. The highest BCUT2D eigenvalue weighted by atomic mass is 15.0. The summed E-state index contributed by atoms with van der Waals surface area (Å²) >= 11 is 0. The van der Waals surface area contributed by atoms with E-state index in [4.69, 9.17) is 4.98 Å². The van der Waals surface area contributed by atoms with Gasteiger partial charge in [-0.3, -0.25) is 0 Å². The van der Waals surface area contributed by atoms with Gasteiger partial charge >= 0.3 is 0 Å². The van der Waals surface area contributed by atoms with Crippen LogP contribution in [0.3, 0.4) is 0 Å². The van der Waals surface area contributed by atoms with Crippen LogP contribution in [0.1, 0.15) is 35.8 Å². The molecule has 3 aromatic heterocycles. The van der Waals surface area contributed by atoms with Crippen LogP contribution in [0.15, 0.2) is 212 Å². The summed E-state index contributed by atoms with van der Waals surface area (Å²) in [6.45, 7) is 0. The molecule has 0 N–H and O–H groups in total. The molecule has 3 heterocycles. The molecule has 7 aromatic carbocycles. The molecule has 10 aromatic rings. The van der Waals surface area contributed by atoms with Crippen LogP contribution in [0.4, 0.5) is 0 Å². The lowest BCUT2D eigenvalue weighted by atomic mass is 9.93. The zero-order valence-corrected chi connectivity index (χ0v) is 34.3. The molecule has 0 saturated carbocycles. The third kappa shape index (κ3) is 6.24. The summed E-state index contributed by atoms with van der Waals surface area (Å²) < 4.78 is 4.99. The predicted molar refractivity (Wildman–Crippen MR) is 260 cm³/mol. The van der Waals surface area contributed by atoms with Gasteiger partial charge in [-0.1, -0.05) is 170 Å². The van der Waals surface area contributed by atoms with E-state index in [9.17, 15) is 0 Å². The van der Waals surface area contributed by atoms with E-state index in [1.165, 1.54) is 71.8 Å². The van der Waals surface area contributed by atoms with E-state index in [0.29, 0.717) is 0 Å². The number of rotatable bonds is 7. The first-order valence-corrected chi connectivity index (χ1v) is 21.8. The molecular weight excluding hydrogens is 751 g/mol. The second kappa shape index (κ2) is 15.1. The molecule has 2 aliphatic rings. The first-order chi connectivity index (χ1) is 30.7. The zero-order chi connectivity index (χ0) is 41.0. The lowest BCUT2D eigenvalue weighted by molar-refractivity contribution is 0.604. The minimum atomic E-state index is 0.189. The predicted octanol–water partition coefficient (Wildman–Crippen LogP) is 15.3. The van der Waals surface area contributed by atoms with Crippen molar-refractivity contribution in [3.63, 3.8) is 0 Å². The zero-order valence-electron chi connectivity index (χ0n) is 34.3. The Kier molecular flexibility index (Phi) is 8.78. The van der Waals surface area contributed by atoms with E-state index in [2.05, 4.69) is 228 Å². The van der Waals surface area contributed by atoms with Crippen molar-refractivity contribution in [2.45, 2.75) is 25.3 Å². The minimum absolute atomic E-state index is 0.189. The number of para-hydroxylation sites is 3. The molecule has 0 saturated heterocycles. The van der Waals surface area contributed by atoms with Crippen LogP contribution in [-0.2, 0) is 6.42 Å². The highest BCUT2D eigenvalue weighted by Crippen LogP contribution is 2.41. The molecule has 3 nitrogen and oxygen atoms in total. The average Bonchev–Trinajstić information content (AvgIpc) is 3.87. The summed E-state index contributed by atoms with van der Waals surface area (Å²) in [5.41, 5.74) is 19.1. The summed E-state index contributed by atoms with van der Waals surface area (Å²) in [7, 11) is 0. The molecule has 1 unspecified atom stereocenters. The number of hydrogen-bond acceptors (Lipinski definition) is 1. The van der Waals surface area contributed by atoms with Crippen LogP contribution in [0, 0.1) is 0 Å². The summed E-state index contributed by atoms with van der Waals surface area (Å²) in [6.07, 6.45) is 14.5. The van der Waals surface area contributed by atoms with Gasteiger partial charge < -0.3 is 9.13 Å². The molecule has 0 spiro atoms. The number of allylic oxidation sites excluding steroid dienone is 5. The van der Waals surface area contributed by atoms with Crippen LogP contribution in [-0.4, -0.2) is 14.1 Å². The molecule has 294 valence electrons. The Labute approximate surface area is 361 Å². The maximum absolute atomic E-state index is 5.54. The number of benzene rings is 7. The molecule has 3 heteroatoms. The molecule has 0 amide bonds. The number of fused-ring (bicyclic) bond motifs is 6. The van der Waals surface area contributed by atoms with Crippen molar-refractivity contribution in [1.82, 2.24) is 14.1 Å². The van der Waals surface area contributed by atoms with Crippen LogP contribution < -0.4 is 0 Å². The van der Waals surface area contributed by atoms with E-state index in [-0.39, 0.29) is 6.04 Å². The fraction of sp³-hybridized carbons (Fsp3) is 0.0678. The van der Waals surface area contributed by atoms with Crippen molar-refractivity contribution >= 4 is 44.4 Å². The van der Waals surface area contributed by atoms with Crippen LogP contribution in [0.25, 0.3) is 94.7 Å². The second-order valence-electron chi connectivity index (χ2n) is 16.6. The molecule has 0 fully saturated rings. The summed E-state index contributed by atoms with van der Waals surface area (Å²) in [6, 6.07) is 68.5. The normalized spacial score (nSPS) is 14.7. The maximum atomic E-state index is 5.54. The molecule has 0 aliphatic heterocycles. The smallest absolute Gasteiger partial charge is 0.0716 e. The van der Waals surface area contributed by atoms with Gasteiger partial charge in [-0.05, 0) is 107 Å². The monoisotopic (exact) mass is 793 g/mol. The van der Waals surface area contributed by atoms with Crippen molar-refractivity contribution in [2.75, 3.05) is 0 Å². The second-order valence-corrected chi connectivity index (χ2v) is 16.6. The Balaban J connectivity index is 0.966. The first-order valence-electron chi connectivity index (χ1n) is 21.8. The lowest BCUT2D eigenvalue weighted by Gasteiger charge is -2.25. The SMILES string of the molecule is C1=CC(n2c3c(c4ccccc42)C=CCC3)CC(c2cc(-c3ccc(-c4cccc(-c5ccccc5)c4)cc3)cc(-c3cccc(-n4c5ccccc5c5ccccc54)c3)n2)=C1. The Bertz CT molecular complexity index is 3380. The molecule has 12 rings (SSSR count). The van der Waals surface area contributed by atoms with E-state index in [1.807, 2.05) is 0 Å². The Morgan fingerprint density at radius 2 is 1.06 bits per heavy atom. The van der Waals surface area contributed by atoms with Gasteiger partial charge in [0.2, 0.25) is 0 Å². The fourth-order valence-corrected chi connectivity index (χ4v) is 9.99. The van der Waals surface area contributed by atoms with Gasteiger partial charge in [0, 0.05) is 44.2 Å². The van der Waals surface area contributed by atoms with E-state index in [0.717, 1.165) is 53.0 Å². The standard InChI is InChI=1S/C59H43N3/c1-2-15-40(16-3-1)43-17-12-18-44(35-43)41-31-33-42(34-32-41)47-38-54(45-19-13-21-48(36-45)61-56-27-8-4-23-50(56)51-24-5-9-28-57(51)61)60-55(39-47)46-20-14-22-49(37-46)62-58-29-10-6-25-52(58)53-26-7-11-30-59(53)62/h1-10,12-29,31-36,38-39,49H,11,30,37H2. The van der Waals surface area contributed by atoms with Gasteiger partial charge in [0.1, 0.15) is 0 Å². The van der Waals surface area contributed by atoms with E-state index >= 15 is 0 Å². The summed E-state index contributed by atoms with van der Waals surface area (Å²) in [5.74, 6) is 0. The number of hydrogen-bond donors (Lipinski definition) is 0. The van der Waals surface area contributed by atoms with Crippen molar-refractivity contribution in [3.05, 3.63) is 229 Å². The van der Waals surface area contributed by atoms with Gasteiger partial charge in [0.05, 0.1) is 28.5 Å². The van der Waals surface area contributed by atoms with Crippen molar-refractivity contribution in [2.24, 2.45) is 0 Å². The van der Waals surface area contributed by atoms with Gasteiger partial charge in [-0.25, -0.2) is 4.98 Å². The number of pyridine rings is 1. The van der Waals surface area contributed by atoms with Crippen LogP contribution >= 0.6 is 0 Å². The Morgan fingerprint density at radius 3 is 1.82 bits per heavy atom. The topological polar surface area (TPSA) is 22.8 Å². The first kappa shape index (κ1) is 36.1. The molecule has 1 atom stereocenters. The summed E-state index contributed by atoms with van der Waals surface area (Å²) in [5, 5.41) is 3.85. The van der Waals surface area contributed by atoms with Gasteiger partial charge in [-0.15, -0.1) is 0 Å².